The molecule has 3 heterocycles. The van der Waals surface area contributed by atoms with Crippen molar-refractivity contribution >= 4 is 28.3 Å². The van der Waals surface area contributed by atoms with Crippen molar-refractivity contribution in [2.24, 2.45) is 7.05 Å². The Balaban J connectivity index is 2.02. The van der Waals surface area contributed by atoms with E-state index < -0.39 is 0 Å². The molecule has 120 valence electrons. The van der Waals surface area contributed by atoms with Crippen LogP contribution in [0, 0.1) is 20.8 Å². The Morgan fingerprint density at radius 1 is 1.35 bits per heavy atom. The lowest BCUT2D eigenvalue weighted by atomic mass is 10.1. The van der Waals surface area contributed by atoms with E-state index in [1.54, 1.807) is 20.9 Å². The highest BCUT2D eigenvalue weighted by Crippen LogP contribution is 2.24. The average molecular weight is 328 g/mol. The van der Waals surface area contributed by atoms with Gasteiger partial charge in [-0.25, -0.2) is 4.98 Å². The molecule has 0 fully saturated rings. The van der Waals surface area contributed by atoms with Crippen LogP contribution in [0.25, 0.3) is 11.0 Å². The summed E-state index contributed by atoms with van der Waals surface area (Å²) >= 11 is 1.68. The molecule has 6 heteroatoms. The second-order valence-electron chi connectivity index (χ2n) is 5.91. The van der Waals surface area contributed by atoms with E-state index >= 15 is 0 Å². The van der Waals surface area contributed by atoms with Gasteiger partial charge in [-0.3, -0.25) is 9.48 Å². The number of aryl methyl sites for hydroxylation is 4. The van der Waals surface area contributed by atoms with Gasteiger partial charge in [-0.15, -0.1) is 11.3 Å². The maximum atomic E-state index is 13.0. The van der Waals surface area contributed by atoms with Crippen molar-refractivity contribution in [3.05, 3.63) is 44.9 Å². The summed E-state index contributed by atoms with van der Waals surface area (Å²) in [6, 6.07) is 3.94. The third kappa shape index (κ3) is 2.74. The maximum absolute atomic E-state index is 13.0. The number of aromatic nitrogens is 3. The monoisotopic (exact) mass is 328 g/mol. The predicted octanol–water partition coefficient (Wildman–Crippen LogP) is 3.23. The van der Waals surface area contributed by atoms with Crippen LogP contribution in [0.5, 0.6) is 0 Å². The highest BCUT2D eigenvalue weighted by Gasteiger charge is 2.21. The second kappa shape index (κ2) is 5.77. The van der Waals surface area contributed by atoms with E-state index in [9.17, 15) is 4.79 Å². The molecule has 0 aliphatic carbocycles. The van der Waals surface area contributed by atoms with Crippen molar-refractivity contribution in [3.63, 3.8) is 0 Å². The van der Waals surface area contributed by atoms with E-state index in [4.69, 9.17) is 0 Å². The van der Waals surface area contributed by atoms with Crippen molar-refractivity contribution in [3.8, 4) is 0 Å². The Morgan fingerprint density at radius 2 is 2.09 bits per heavy atom. The van der Waals surface area contributed by atoms with E-state index in [2.05, 4.69) is 28.5 Å². The van der Waals surface area contributed by atoms with E-state index in [1.165, 1.54) is 10.4 Å². The number of hydrogen-bond donors (Lipinski definition) is 0. The number of fused-ring (bicyclic) bond motifs is 1. The minimum Gasteiger partial charge on any atom is -0.337 e. The molecule has 0 unspecified atom stereocenters. The summed E-state index contributed by atoms with van der Waals surface area (Å²) in [6.45, 7) is 6.51. The lowest BCUT2D eigenvalue weighted by Crippen LogP contribution is -2.26. The van der Waals surface area contributed by atoms with Crippen molar-refractivity contribution in [1.29, 1.82) is 0 Å². The lowest BCUT2D eigenvalue weighted by Gasteiger charge is -2.18. The first-order valence-electron chi connectivity index (χ1n) is 7.48. The van der Waals surface area contributed by atoms with Crippen molar-refractivity contribution < 1.29 is 4.79 Å². The molecule has 0 saturated carbocycles. The van der Waals surface area contributed by atoms with Gasteiger partial charge in [0.1, 0.15) is 0 Å². The zero-order valence-corrected chi connectivity index (χ0v) is 14.9. The normalized spacial score (nSPS) is 11.2. The van der Waals surface area contributed by atoms with Crippen LogP contribution in [0.4, 0.5) is 0 Å². The Labute approximate surface area is 139 Å². The Bertz CT molecular complexity index is 894. The fourth-order valence-electron chi connectivity index (χ4n) is 2.80. The minimum atomic E-state index is 0.00407. The molecule has 0 aliphatic heterocycles. The summed E-state index contributed by atoms with van der Waals surface area (Å²) in [5.74, 6) is 0.00407. The molecule has 3 rings (SSSR count). The molecule has 0 bridgehead atoms. The quantitative estimate of drug-likeness (QED) is 0.742. The van der Waals surface area contributed by atoms with Gasteiger partial charge in [-0.2, -0.15) is 5.10 Å². The van der Waals surface area contributed by atoms with Crippen LogP contribution in [0.15, 0.2) is 17.5 Å². The highest BCUT2D eigenvalue weighted by molar-refractivity contribution is 7.10. The molecule has 5 nitrogen and oxygen atoms in total. The number of hydrogen-bond acceptors (Lipinski definition) is 4. The van der Waals surface area contributed by atoms with E-state index in [1.807, 2.05) is 34.0 Å². The van der Waals surface area contributed by atoms with Crippen LogP contribution in [-0.2, 0) is 13.6 Å². The summed E-state index contributed by atoms with van der Waals surface area (Å²) < 4.78 is 1.73. The number of amides is 1. The maximum Gasteiger partial charge on any atom is 0.254 e. The van der Waals surface area contributed by atoms with Gasteiger partial charge in [0, 0.05) is 24.7 Å². The zero-order valence-electron chi connectivity index (χ0n) is 14.0. The van der Waals surface area contributed by atoms with E-state index in [0.29, 0.717) is 12.1 Å². The SMILES string of the molecule is Cc1cc(C(=O)N(C)Cc2sccc2C)c2c(C)nn(C)c2n1. The zero-order chi connectivity index (χ0) is 16.7. The van der Waals surface area contributed by atoms with Gasteiger partial charge in [0.25, 0.3) is 5.91 Å². The third-order valence-electron chi connectivity index (χ3n) is 4.02. The first-order chi connectivity index (χ1) is 10.9. The fourth-order valence-corrected chi connectivity index (χ4v) is 3.76. The highest BCUT2D eigenvalue weighted by atomic mass is 32.1. The minimum absolute atomic E-state index is 0.00407. The van der Waals surface area contributed by atoms with Crippen molar-refractivity contribution in [1.82, 2.24) is 19.7 Å². The first kappa shape index (κ1) is 15.7. The van der Waals surface area contributed by atoms with E-state index in [0.717, 1.165) is 22.4 Å². The summed E-state index contributed by atoms with van der Waals surface area (Å²) in [5.41, 5.74) is 4.31. The molecule has 0 aromatic carbocycles. The lowest BCUT2D eigenvalue weighted by molar-refractivity contribution is 0.0788. The number of thiophene rings is 1. The smallest absolute Gasteiger partial charge is 0.254 e. The molecule has 0 spiro atoms. The average Bonchev–Trinajstić information content (AvgIpc) is 3.02. The molecule has 0 atom stereocenters. The van der Waals surface area contributed by atoms with Gasteiger partial charge in [0.15, 0.2) is 5.65 Å². The Morgan fingerprint density at radius 3 is 2.74 bits per heavy atom. The molecule has 0 aliphatic rings. The molecule has 3 aromatic heterocycles. The summed E-state index contributed by atoms with van der Waals surface area (Å²) in [7, 11) is 3.70. The van der Waals surface area contributed by atoms with Crippen LogP contribution in [0.3, 0.4) is 0 Å². The molecule has 23 heavy (non-hydrogen) atoms. The predicted molar refractivity (Wildman–Crippen MR) is 92.8 cm³/mol. The van der Waals surface area contributed by atoms with Gasteiger partial charge in [-0.1, -0.05) is 0 Å². The molecular weight excluding hydrogens is 308 g/mol. The number of nitrogens with zero attached hydrogens (tertiary/aromatic N) is 4. The van der Waals surface area contributed by atoms with Crippen LogP contribution < -0.4 is 0 Å². The standard InChI is InChI=1S/C17H20N4OS/c1-10-6-7-23-14(10)9-20(4)17(22)13-8-11(2)18-16-15(13)12(3)19-21(16)5/h6-8H,9H2,1-5H3. The third-order valence-corrected chi connectivity index (χ3v) is 5.03. The van der Waals surface area contributed by atoms with Gasteiger partial charge in [0.05, 0.1) is 23.2 Å². The molecule has 0 N–H and O–H groups in total. The second-order valence-corrected chi connectivity index (χ2v) is 6.91. The molecule has 0 radical (unpaired) electrons. The summed E-state index contributed by atoms with van der Waals surface area (Å²) in [6.07, 6.45) is 0. The summed E-state index contributed by atoms with van der Waals surface area (Å²) in [4.78, 5) is 20.5. The molecule has 1 amide bonds. The Kier molecular flexibility index (Phi) is 3.93. The van der Waals surface area contributed by atoms with Gasteiger partial charge in [-0.05, 0) is 43.8 Å². The number of pyridine rings is 1. The largest absolute Gasteiger partial charge is 0.337 e. The fraction of sp³-hybridized carbons (Fsp3) is 0.353. The molecule has 3 aromatic rings. The number of carbonyl (C=O) groups is 1. The van der Waals surface area contributed by atoms with Gasteiger partial charge in [0.2, 0.25) is 0 Å². The van der Waals surface area contributed by atoms with Crippen LogP contribution in [-0.4, -0.2) is 32.6 Å². The van der Waals surface area contributed by atoms with Crippen molar-refractivity contribution in [2.45, 2.75) is 27.3 Å². The summed E-state index contributed by atoms with van der Waals surface area (Å²) in [5, 5.41) is 7.31. The van der Waals surface area contributed by atoms with Crippen LogP contribution >= 0.6 is 11.3 Å². The van der Waals surface area contributed by atoms with Gasteiger partial charge >= 0.3 is 0 Å². The van der Waals surface area contributed by atoms with E-state index in [-0.39, 0.29) is 5.91 Å². The van der Waals surface area contributed by atoms with Crippen molar-refractivity contribution in [2.75, 3.05) is 7.05 Å². The number of rotatable bonds is 3. The molecule has 0 saturated heterocycles. The van der Waals surface area contributed by atoms with Gasteiger partial charge < -0.3 is 4.90 Å². The van der Waals surface area contributed by atoms with Crippen LogP contribution in [0.2, 0.25) is 0 Å². The first-order valence-corrected chi connectivity index (χ1v) is 8.36. The number of carbonyl (C=O) groups excluding carboxylic acids is 1. The molecular formula is C17H20N4OS. The Hall–Kier alpha value is -2.21. The topological polar surface area (TPSA) is 51.0 Å². The van der Waals surface area contributed by atoms with Crippen LogP contribution in [0.1, 0.15) is 32.2 Å².